The molecule has 2 atom stereocenters. The van der Waals surface area contributed by atoms with Crippen LogP contribution in [0.2, 0.25) is 0 Å². The van der Waals surface area contributed by atoms with Gasteiger partial charge in [-0.25, -0.2) is 10.4 Å². The van der Waals surface area contributed by atoms with Gasteiger partial charge in [-0.05, 0) is 29.8 Å². The van der Waals surface area contributed by atoms with Crippen LogP contribution in [0.5, 0.6) is 0 Å². The Balaban J connectivity index is 1.41. The van der Waals surface area contributed by atoms with Crippen molar-refractivity contribution in [1.29, 1.82) is 0 Å². The summed E-state index contributed by atoms with van der Waals surface area (Å²) >= 11 is 0. The van der Waals surface area contributed by atoms with Gasteiger partial charge in [0.05, 0.1) is 35.7 Å². The molecule has 0 saturated carbocycles. The SMILES string of the molecule is O=C(OCc1nc2ccccc2c(=O)n1Cc1ccco1)C1CNNC1c1ccccc1. The highest BCUT2D eigenvalue weighted by atomic mass is 16.5. The third-order valence-electron chi connectivity index (χ3n) is 5.62. The van der Waals surface area contributed by atoms with Gasteiger partial charge in [0.25, 0.3) is 5.56 Å². The van der Waals surface area contributed by atoms with E-state index in [2.05, 4.69) is 15.8 Å². The van der Waals surface area contributed by atoms with Gasteiger partial charge in [-0.1, -0.05) is 42.5 Å². The highest BCUT2D eigenvalue weighted by Gasteiger charge is 2.35. The molecule has 2 N–H and O–H groups in total. The van der Waals surface area contributed by atoms with Crippen molar-refractivity contribution in [1.82, 2.24) is 20.4 Å². The molecule has 162 valence electrons. The molecule has 1 aliphatic heterocycles. The second-order valence-electron chi connectivity index (χ2n) is 7.64. The van der Waals surface area contributed by atoms with Gasteiger partial charge >= 0.3 is 5.97 Å². The van der Waals surface area contributed by atoms with Crippen molar-refractivity contribution < 1.29 is 13.9 Å². The standard InChI is InChI=1S/C24H22N4O4/c29-23-18-10-4-5-11-20(18)26-21(28(23)14-17-9-6-12-31-17)15-32-24(30)19-13-25-27-22(19)16-7-2-1-3-8-16/h1-12,19,22,25,27H,13-15H2. The third-order valence-corrected chi connectivity index (χ3v) is 5.62. The maximum Gasteiger partial charge on any atom is 0.312 e. The molecule has 2 aromatic heterocycles. The van der Waals surface area contributed by atoms with Gasteiger partial charge < -0.3 is 9.15 Å². The zero-order valence-electron chi connectivity index (χ0n) is 17.2. The lowest BCUT2D eigenvalue weighted by molar-refractivity contribution is -0.150. The minimum absolute atomic E-state index is 0.113. The predicted octanol–water partition coefficient (Wildman–Crippen LogP) is 2.55. The maximum atomic E-state index is 13.1. The van der Waals surface area contributed by atoms with Crippen LogP contribution < -0.4 is 16.4 Å². The Labute approximate surface area is 183 Å². The fourth-order valence-corrected chi connectivity index (χ4v) is 3.98. The number of fused-ring (bicyclic) bond motifs is 1. The first-order valence-corrected chi connectivity index (χ1v) is 10.4. The summed E-state index contributed by atoms with van der Waals surface area (Å²) in [5.74, 6) is 0.227. The zero-order valence-corrected chi connectivity index (χ0v) is 17.2. The lowest BCUT2D eigenvalue weighted by Crippen LogP contribution is -2.29. The van der Waals surface area contributed by atoms with Crippen LogP contribution in [0.1, 0.15) is 23.2 Å². The first-order chi connectivity index (χ1) is 15.7. The van der Waals surface area contributed by atoms with E-state index in [1.165, 1.54) is 4.57 Å². The number of aromatic nitrogens is 2. The minimum Gasteiger partial charge on any atom is -0.467 e. The number of hydrazine groups is 1. The maximum absolute atomic E-state index is 13.1. The molecule has 3 heterocycles. The van der Waals surface area contributed by atoms with Crippen LogP contribution >= 0.6 is 0 Å². The number of ether oxygens (including phenoxy) is 1. The van der Waals surface area contributed by atoms with Crippen LogP contribution in [0.25, 0.3) is 10.9 Å². The van der Waals surface area contributed by atoms with Crippen molar-refractivity contribution in [3.8, 4) is 0 Å². The number of carbonyl (C=O) groups excluding carboxylic acids is 1. The summed E-state index contributed by atoms with van der Waals surface area (Å²) in [6, 6.07) is 20.2. The molecule has 0 aliphatic carbocycles. The summed E-state index contributed by atoms with van der Waals surface area (Å²) in [4.78, 5) is 30.7. The average Bonchev–Trinajstić information content (AvgIpc) is 3.52. The molecule has 0 amide bonds. The fourth-order valence-electron chi connectivity index (χ4n) is 3.98. The van der Waals surface area contributed by atoms with Crippen molar-refractivity contribution >= 4 is 16.9 Å². The summed E-state index contributed by atoms with van der Waals surface area (Å²) in [6.45, 7) is 0.538. The van der Waals surface area contributed by atoms with Gasteiger partial charge in [0.2, 0.25) is 0 Å². The van der Waals surface area contributed by atoms with E-state index in [0.29, 0.717) is 29.0 Å². The third kappa shape index (κ3) is 3.93. The van der Waals surface area contributed by atoms with Crippen molar-refractivity contribution in [2.75, 3.05) is 6.54 Å². The Morgan fingerprint density at radius 2 is 1.91 bits per heavy atom. The van der Waals surface area contributed by atoms with Crippen LogP contribution in [0.4, 0.5) is 0 Å². The topological polar surface area (TPSA) is 98.4 Å². The summed E-state index contributed by atoms with van der Waals surface area (Å²) in [5.41, 5.74) is 7.54. The first-order valence-electron chi connectivity index (χ1n) is 10.4. The lowest BCUT2D eigenvalue weighted by atomic mass is 9.95. The summed E-state index contributed by atoms with van der Waals surface area (Å²) < 4.78 is 12.6. The zero-order chi connectivity index (χ0) is 21.9. The number of para-hydroxylation sites is 1. The Hall–Kier alpha value is -3.75. The monoisotopic (exact) mass is 430 g/mol. The number of benzene rings is 2. The molecule has 1 saturated heterocycles. The van der Waals surface area contributed by atoms with Crippen molar-refractivity contribution in [2.24, 2.45) is 5.92 Å². The highest BCUT2D eigenvalue weighted by Crippen LogP contribution is 2.26. The van der Waals surface area contributed by atoms with Crippen LogP contribution in [0.3, 0.4) is 0 Å². The normalized spacial score (nSPS) is 18.1. The molecule has 0 spiro atoms. The largest absolute Gasteiger partial charge is 0.467 e. The van der Waals surface area contributed by atoms with Crippen molar-refractivity contribution in [3.05, 3.63) is 100 Å². The molecule has 4 aromatic rings. The number of carbonyl (C=O) groups is 1. The molecule has 8 nitrogen and oxygen atoms in total. The highest BCUT2D eigenvalue weighted by molar-refractivity contribution is 5.77. The van der Waals surface area contributed by atoms with E-state index in [-0.39, 0.29) is 30.7 Å². The number of rotatable bonds is 6. The molecule has 2 aromatic carbocycles. The molecule has 1 aliphatic rings. The number of hydrogen-bond acceptors (Lipinski definition) is 7. The molecule has 0 radical (unpaired) electrons. The van der Waals surface area contributed by atoms with Crippen LogP contribution in [0.15, 0.2) is 82.2 Å². The van der Waals surface area contributed by atoms with E-state index >= 15 is 0 Å². The Morgan fingerprint density at radius 1 is 1.09 bits per heavy atom. The molecule has 0 bridgehead atoms. The van der Waals surface area contributed by atoms with Crippen LogP contribution in [-0.2, 0) is 22.7 Å². The lowest BCUT2D eigenvalue weighted by Gasteiger charge is -2.18. The first kappa shape index (κ1) is 20.2. The molecule has 2 unspecified atom stereocenters. The summed E-state index contributed by atoms with van der Waals surface area (Å²) in [7, 11) is 0. The van der Waals surface area contributed by atoms with Crippen LogP contribution in [-0.4, -0.2) is 22.1 Å². The molecule has 5 rings (SSSR count). The van der Waals surface area contributed by atoms with Crippen molar-refractivity contribution in [2.45, 2.75) is 19.2 Å². The van der Waals surface area contributed by atoms with E-state index < -0.39 is 5.92 Å². The average molecular weight is 430 g/mol. The van der Waals surface area contributed by atoms with Gasteiger partial charge in [-0.15, -0.1) is 0 Å². The smallest absolute Gasteiger partial charge is 0.312 e. The Bertz CT molecular complexity index is 1280. The van der Waals surface area contributed by atoms with Gasteiger partial charge in [-0.2, -0.15) is 0 Å². The molecule has 32 heavy (non-hydrogen) atoms. The Kier molecular flexibility index (Phi) is 5.53. The van der Waals surface area contributed by atoms with Gasteiger partial charge in [0.15, 0.2) is 5.82 Å². The van der Waals surface area contributed by atoms with Crippen molar-refractivity contribution in [3.63, 3.8) is 0 Å². The second-order valence-corrected chi connectivity index (χ2v) is 7.64. The predicted molar refractivity (Wildman–Crippen MR) is 117 cm³/mol. The van der Waals surface area contributed by atoms with Gasteiger partial charge in [-0.3, -0.25) is 19.6 Å². The summed E-state index contributed by atoms with van der Waals surface area (Å²) in [6.07, 6.45) is 1.55. The number of nitrogens with one attached hydrogen (secondary N) is 2. The second kappa shape index (κ2) is 8.78. The van der Waals surface area contributed by atoms with E-state index in [4.69, 9.17) is 9.15 Å². The number of hydrogen-bond donors (Lipinski definition) is 2. The number of esters is 1. The minimum atomic E-state index is -0.400. The fraction of sp³-hybridized carbons (Fsp3) is 0.208. The van der Waals surface area contributed by atoms with E-state index in [0.717, 1.165) is 5.56 Å². The number of furan rings is 1. The summed E-state index contributed by atoms with van der Waals surface area (Å²) in [5, 5.41) is 0.502. The van der Waals surface area contributed by atoms with E-state index in [1.807, 2.05) is 36.4 Å². The number of nitrogens with zero attached hydrogens (tertiary/aromatic N) is 2. The van der Waals surface area contributed by atoms with Crippen LogP contribution in [0, 0.1) is 5.92 Å². The molecular formula is C24H22N4O4. The molecule has 8 heteroatoms. The van der Waals surface area contributed by atoms with E-state index in [9.17, 15) is 9.59 Å². The quantitative estimate of drug-likeness (QED) is 0.454. The van der Waals surface area contributed by atoms with Gasteiger partial charge in [0, 0.05) is 6.54 Å². The van der Waals surface area contributed by atoms with Gasteiger partial charge in [0.1, 0.15) is 12.4 Å². The Morgan fingerprint density at radius 3 is 2.72 bits per heavy atom. The molecule has 1 fully saturated rings. The van der Waals surface area contributed by atoms with E-state index in [1.54, 1.807) is 36.6 Å². The molecular weight excluding hydrogens is 408 g/mol.